The van der Waals surface area contributed by atoms with Crippen LogP contribution in [0.1, 0.15) is 23.3 Å². The van der Waals surface area contributed by atoms with Crippen LogP contribution >= 0.6 is 0 Å². The molecule has 3 N–H and O–H groups in total. The van der Waals surface area contributed by atoms with Crippen molar-refractivity contribution in [3.8, 4) is 0 Å². The molecule has 1 atom stereocenters. The van der Waals surface area contributed by atoms with Crippen LogP contribution in [0.15, 0.2) is 6.20 Å². The Morgan fingerprint density at radius 3 is 3.14 bits per heavy atom. The second-order valence-corrected chi connectivity index (χ2v) is 3.47. The highest BCUT2D eigenvalue weighted by molar-refractivity contribution is 5.91. The number of aromatic nitrogens is 3. The van der Waals surface area contributed by atoms with Crippen molar-refractivity contribution in [1.82, 2.24) is 20.7 Å². The SMILES string of the molecule is O=C(NCC(O)C1CC1)c1cn[nH]n1. The van der Waals surface area contributed by atoms with Crippen molar-refractivity contribution in [3.05, 3.63) is 11.9 Å². The van der Waals surface area contributed by atoms with E-state index in [9.17, 15) is 9.90 Å². The Balaban J connectivity index is 1.77. The quantitative estimate of drug-likeness (QED) is 0.594. The molecular formula is C8H12N4O2. The van der Waals surface area contributed by atoms with Crippen molar-refractivity contribution in [2.24, 2.45) is 5.92 Å². The molecule has 6 heteroatoms. The largest absolute Gasteiger partial charge is 0.391 e. The smallest absolute Gasteiger partial charge is 0.273 e. The van der Waals surface area contributed by atoms with E-state index in [1.165, 1.54) is 6.20 Å². The van der Waals surface area contributed by atoms with Gasteiger partial charge in [0.25, 0.3) is 5.91 Å². The van der Waals surface area contributed by atoms with Gasteiger partial charge in [0.2, 0.25) is 0 Å². The van der Waals surface area contributed by atoms with E-state index in [0.29, 0.717) is 5.92 Å². The van der Waals surface area contributed by atoms with E-state index >= 15 is 0 Å². The first kappa shape index (κ1) is 9.14. The van der Waals surface area contributed by atoms with Crippen LogP contribution in [0.25, 0.3) is 0 Å². The van der Waals surface area contributed by atoms with Gasteiger partial charge >= 0.3 is 0 Å². The average molecular weight is 196 g/mol. The minimum atomic E-state index is -0.425. The van der Waals surface area contributed by atoms with Crippen molar-refractivity contribution in [2.45, 2.75) is 18.9 Å². The van der Waals surface area contributed by atoms with Crippen molar-refractivity contribution >= 4 is 5.91 Å². The maximum atomic E-state index is 11.3. The van der Waals surface area contributed by atoms with Gasteiger partial charge in [-0.2, -0.15) is 15.4 Å². The lowest BCUT2D eigenvalue weighted by Gasteiger charge is -2.08. The molecule has 1 aliphatic rings. The number of amides is 1. The van der Waals surface area contributed by atoms with Crippen LogP contribution in [0.3, 0.4) is 0 Å². The van der Waals surface area contributed by atoms with E-state index in [1.807, 2.05) is 0 Å². The van der Waals surface area contributed by atoms with Gasteiger partial charge in [-0.05, 0) is 18.8 Å². The molecule has 1 amide bonds. The third-order valence-electron chi connectivity index (χ3n) is 2.29. The van der Waals surface area contributed by atoms with E-state index in [2.05, 4.69) is 20.7 Å². The Labute approximate surface area is 80.7 Å². The zero-order chi connectivity index (χ0) is 9.97. The molecule has 1 unspecified atom stereocenters. The van der Waals surface area contributed by atoms with Gasteiger partial charge in [-0.25, -0.2) is 0 Å². The van der Waals surface area contributed by atoms with Crippen LogP contribution in [0.2, 0.25) is 0 Å². The van der Waals surface area contributed by atoms with E-state index in [1.54, 1.807) is 0 Å². The molecule has 0 radical (unpaired) electrons. The van der Waals surface area contributed by atoms with Gasteiger partial charge in [0.1, 0.15) is 0 Å². The maximum absolute atomic E-state index is 11.3. The fraction of sp³-hybridized carbons (Fsp3) is 0.625. The molecule has 0 saturated heterocycles. The summed E-state index contributed by atoms with van der Waals surface area (Å²) in [5.41, 5.74) is 0.244. The molecule has 1 aromatic heterocycles. The summed E-state index contributed by atoms with van der Waals surface area (Å²) < 4.78 is 0. The van der Waals surface area contributed by atoms with E-state index in [0.717, 1.165) is 12.8 Å². The predicted molar refractivity (Wildman–Crippen MR) is 47.4 cm³/mol. The minimum Gasteiger partial charge on any atom is -0.391 e. The summed E-state index contributed by atoms with van der Waals surface area (Å²) in [6.45, 7) is 0.288. The number of rotatable bonds is 4. The Hall–Kier alpha value is -1.43. The zero-order valence-electron chi connectivity index (χ0n) is 7.60. The summed E-state index contributed by atoms with van der Waals surface area (Å²) in [5.74, 6) is 0.0612. The van der Waals surface area contributed by atoms with Crippen LogP contribution in [0.4, 0.5) is 0 Å². The summed E-state index contributed by atoms with van der Waals surface area (Å²) in [6, 6.07) is 0. The van der Waals surface area contributed by atoms with E-state index in [4.69, 9.17) is 0 Å². The van der Waals surface area contributed by atoms with Crippen LogP contribution in [-0.2, 0) is 0 Å². The molecule has 1 fully saturated rings. The lowest BCUT2D eigenvalue weighted by atomic mass is 10.2. The van der Waals surface area contributed by atoms with Gasteiger partial charge in [-0.1, -0.05) is 0 Å². The molecule has 0 bridgehead atoms. The van der Waals surface area contributed by atoms with Crippen molar-refractivity contribution in [1.29, 1.82) is 0 Å². The molecule has 76 valence electrons. The van der Waals surface area contributed by atoms with Crippen LogP contribution in [0, 0.1) is 5.92 Å². The number of nitrogens with zero attached hydrogens (tertiary/aromatic N) is 2. The van der Waals surface area contributed by atoms with Gasteiger partial charge in [-0.15, -0.1) is 0 Å². The molecule has 1 aromatic rings. The summed E-state index contributed by atoms with van der Waals surface area (Å²) in [5, 5.41) is 21.6. The number of carbonyl (C=O) groups is 1. The summed E-state index contributed by atoms with van der Waals surface area (Å²) >= 11 is 0. The second kappa shape index (κ2) is 3.75. The first-order valence-electron chi connectivity index (χ1n) is 4.59. The monoisotopic (exact) mass is 196 g/mol. The summed E-state index contributed by atoms with van der Waals surface area (Å²) in [4.78, 5) is 11.3. The van der Waals surface area contributed by atoms with Gasteiger partial charge in [0.05, 0.1) is 12.3 Å². The van der Waals surface area contributed by atoms with Gasteiger partial charge < -0.3 is 10.4 Å². The number of carbonyl (C=O) groups excluding carboxylic acids is 1. The van der Waals surface area contributed by atoms with Crippen molar-refractivity contribution < 1.29 is 9.90 Å². The molecule has 2 rings (SSSR count). The number of hydrogen-bond acceptors (Lipinski definition) is 4. The Bertz CT molecular complexity index is 307. The van der Waals surface area contributed by atoms with Gasteiger partial charge in [0.15, 0.2) is 5.69 Å². The van der Waals surface area contributed by atoms with Gasteiger partial charge in [-0.3, -0.25) is 4.79 Å². The summed E-state index contributed by atoms with van der Waals surface area (Å²) in [6.07, 6.45) is 3.03. The molecule has 14 heavy (non-hydrogen) atoms. The number of nitrogens with one attached hydrogen (secondary N) is 2. The highest BCUT2D eigenvalue weighted by Gasteiger charge is 2.29. The van der Waals surface area contributed by atoms with E-state index in [-0.39, 0.29) is 18.1 Å². The fourth-order valence-corrected chi connectivity index (χ4v) is 1.25. The normalized spacial score (nSPS) is 17.8. The summed E-state index contributed by atoms with van der Waals surface area (Å²) in [7, 11) is 0. The third-order valence-corrected chi connectivity index (χ3v) is 2.29. The Morgan fingerprint density at radius 1 is 1.79 bits per heavy atom. The Morgan fingerprint density at radius 2 is 2.57 bits per heavy atom. The van der Waals surface area contributed by atoms with Crippen molar-refractivity contribution in [2.75, 3.05) is 6.54 Å². The molecule has 0 aromatic carbocycles. The standard InChI is InChI=1S/C8H12N4O2/c13-7(5-1-2-5)4-9-8(14)6-3-10-12-11-6/h3,5,7,13H,1-2,4H2,(H,9,14)(H,10,11,12). The number of hydrogen-bond donors (Lipinski definition) is 3. The molecule has 0 spiro atoms. The molecule has 1 heterocycles. The number of H-pyrrole nitrogens is 1. The molecule has 1 saturated carbocycles. The maximum Gasteiger partial charge on any atom is 0.273 e. The lowest BCUT2D eigenvalue weighted by molar-refractivity contribution is 0.0896. The molecule has 1 aliphatic carbocycles. The predicted octanol–water partition coefficient (Wildman–Crippen LogP) is -0.695. The van der Waals surface area contributed by atoms with Crippen LogP contribution < -0.4 is 5.32 Å². The highest BCUT2D eigenvalue weighted by Crippen LogP contribution is 2.32. The van der Waals surface area contributed by atoms with Crippen molar-refractivity contribution in [3.63, 3.8) is 0 Å². The van der Waals surface area contributed by atoms with Gasteiger partial charge in [0, 0.05) is 6.54 Å². The number of aromatic amines is 1. The third kappa shape index (κ3) is 2.08. The number of aliphatic hydroxyl groups is 1. The highest BCUT2D eigenvalue weighted by atomic mass is 16.3. The second-order valence-electron chi connectivity index (χ2n) is 3.47. The fourth-order valence-electron chi connectivity index (χ4n) is 1.25. The lowest BCUT2D eigenvalue weighted by Crippen LogP contribution is -2.33. The van der Waals surface area contributed by atoms with E-state index < -0.39 is 6.10 Å². The molecule has 0 aliphatic heterocycles. The Kier molecular flexibility index (Phi) is 2.45. The van der Waals surface area contributed by atoms with Crippen LogP contribution in [-0.4, -0.2) is 39.1 Å². The first-order chi connectivity index (χ1) is 6.77. The topological polar surface area (TPSA) is 90.9 Å². The molecule has 6 nitrogen and oxygen atoms in total. The first-order valence-corrected chi connectivity index (χ1v) is 4.59. The molecular weight excluding hydrogens is 184 g/mol. The average Bonchev–Trinajstić information content (AvgIpc) is 2.90. The minimum absolute atomic E-state index is 0.244. The van der Waals surface area contributed by atoms with Crippen LogP contribution in [0.5, 0.6) is 0 Å². The number of aliphatic hydroxyl groups excluding tert-OH is 1. The zero-order valence-corrected chi connectivity index (χ0v) is 7.60.